The molecule has 0 aliphatic rings. The quantitative estimate of drug-likeness (QED) is 0.894. The number of halogens is 3. The van der Waals surface area contributed by atoms with Crippen LogP contribution >= 0.6 is 0 Å². The molecular formula is C15H17F3N2. The fourth-order valence-electron chi connectivity index (χ4n) is 2.21. The second-order valence-electron chi connectivity index (χ2n) is 4.75. The number of para-hydroxylation sites is 1. The minimum Gasteiger partial charge on any atom is -0.302 e. The Hall–Kier alpha value is -1.62. The first kappa shape index (κ1) is 14.8. The topological polar surface area (TPSA) is 24.9 Å². The van der Waals surface area contributed by atoms with Crippen LogP contribution in [0.1, 0.15) is 25.3 Å². The molecule has 108 valence electrons. The van der Waals surface area contributed by atoms with Gasteiger partial charge in [-0.3, -0.25) is 4.98 Å². The highest BCUT2D eigenvalue weighted by molar-refractivity contribution is 5.81. The van der Waals surface area contributed by atoms with E-state index in [1.807, 2.05) is 24.3 Å². The van der Waals surface area contributed by atoms with E-state index < -0.39 is 12.2 Å². The number of benzene rings is 1. The maximum atomic E-state index is 12.8. The highest BCUT2D eigenvalue weighted by Gasteiger charge is 2.38. The van der Waals surface area contributed by atoms with Gasteiger partial charge < -0.3 is 5.32 Å². The van der Waals surface area contributed by atoms with Crippen LogP contribution < -0.4 is 5.32 Å². The number of rotatable bonds is 5. The third-order valence-corrected chi connectivity index (χ3v) is 3.25. The maximum Gasteiger partial charge on any atom is 0.403 e. The lowest BCUT2D eigenvalue weighted by Crippen LogP contribution is -2.41. The van der Waals surface area contributed by atoms with Crippen LogP contribution in [-0.2, 0) is 6.54 Å². The molecule has 0 radical (unpaired) electrons. The summed E-state index contributed by atoms with van der Waals surface area (Å²) in [6.45, 7) is 1.94. The van der Waals surface area contributed by atoms with Gasteiger partial charge in [0.05, 0.1) is 5.52 Å². The molecule has 1 atom stereocenters. The molecule has 0 aliphatic carbocycles. The average Bonchev–Trinajstić information content (AvgIpc) is 2.42. The molecule has 2 nitrogen and oxygen atoms in total. The summed E-state index contributed by atoms with van der Waals surface area (Å²) in [6.07, 6.45) is -2.00. The first-order valence-electron chi connectivity index (χ1n) is 6.65. The summed E-state index contributed by atoms with van der Waals surface area (Å²) < 4.78 is 38.5. The van der Waals surface area contributed by atoms with E-state index >= 15 is 0 Å². The molecule has 1 aromatic heterocycles. The molecule has 1 aromatic carbocycles. The third-order valence-electron chi connectivity index (χ3n) is 3.25. The molecule has 0 saturated heterocycles. The molecule has 0 amide bonds. The van der Waals surface area contributed by atoms with Crippen molar-refractivity contribution in [2.45, 2.75) is 38.5 Å². The lowest BCUT2D eigenvalue weighted by molar-refractivity contribution is -0.157. The number of fused-ring (bicyclic) bond motifs is 1. The molecule has 0 spiro atoms. The monoisotopic (exact) mass is 282 g/mol. The van der Waals surface area contributed by atoms with Gasteiger partial charge in [-0.1, -0.05) is 31.5 Å². The Kier molecular flexibility index (Phi) is 4.60. The summed E-state index contributed by atoms with van der Waals surface area (Å²) in [5, 5.41) is 3.51. The lowest BCUT2D eigenvalue weighted by Gasteiger charge is -2.21. The zero-order chi connectivity index (χ0) is 14.6. The number of pyridine rings is 1. The van der Waals surface area contributed by atoms with Crippen molar-refractivity contribution in [3.63, 3.8) is 0 Å². The van der Waals surface area contributed by atoms with Crippen LogP contribution in [0, 0.1) is 0 Å². The van der Waals surface area contributed by atoms with E-state index in [0.717, 1.165) is 16.5 Å². The Morgan fingerprint density at radius 1 is 1.20 bits per heavy atom. The number of aromatic nitrogens is 1. The normalized spacial score (nSPS) is 13.6. The van der Waals surface area contributed by atoms with Crippen molar-refractivity contribution in [3.05, 3.63) is 42.1 Å². The molecule has 20 heavy (non-hydrogen) atoms. The number of nitrogens with zero attached hydrogens (tertiary/aromatic N) is 1. The molecule has 0 saturated carbocycles. The van der Waals surface area contributed by atoms with Crippen LogP contribution in [0.5, 0.6) is 0 Å². The Balaban J connectivity index is 2.16. The maximum absolute atomic E-state index is 12.8. The van der Waals surface area contributed by atoms with Crippen molar-refractivity contribution in [1.82, 2.24) is 10.3 Å². The van der Waals surface area contributed by atoms with Crippen molar-refractivity contribution in [1.29, 1.82) is 0 Å². The van der Waals surface area contributed by atoms with Crippen molar-refractivity contribution in [2.24, 2.45) is 0 Å². The van der Waals surface area contributed by atoms with Gasteiger partial charge in [0, 0.05) is 18.1 Å². The van der Waals surface area contributed by atoms with Gasteiger partial charge in [0.15, 0.2) is 0 Å². The lowest BCUT2D eigenvalue weighted by atomic mass is 10.1. The second-order valence-corrected chi connectivity index (χ2v) is 4.75. The van der Waals surface area contributed by atoms with Crippen LogP contribution in [0.15, 0.2) is 36.5 Å². The Bertz CT molecular complexity index is 561. The summed E-state index contributed by atoms with van der Waals surface area (Å²) in [7, 11) is 0. The summed E-state index contributed by atoms with van der Waals surface area (Å²) in [6, 6.07) is 7.75. The van der Waals surface area contributed by atoms with Gasteiger partial charge in [0.2, 0.25) is 0 Å². The highest BCUT2D eigenvalue weighted by Crippen LogP contribution is 2.24. The minimum atomic E-state index is -4.21. The Morgan fingerprint density at radius 3 is 2.65 bits per heavy atom. The standard InChI is InChI=1S/C15H17F3N2/c1-2-5-14(15(16,17)18)20-10-11-8-9-19-13-7-4-3-6-12(11)13/h3-4,6-9,14,20H,2,5,10H2,1H3. The second kappa shape index (κ2) is 6.22. The highest BCUT2D eigenvalue weighted by atomic mass is 19.4. The van der Waals surface area contributed by atoms with Crippen LogP contribution in [-0.4, -0.2) is 17.2 Å². The largest absolute Gasteiger partial charge is 0.403 e. The van der Waals surface area contributed by atoms with Gasteiger partial charge in [-0.25, -0.2) is 0 Å². The van der Waals surface area contributed by atoms with Gasteiger partial charge in [0.1, 0.15) is 6.04 Å². The zero-order valence-corrected chi connectivity index (χ0v) is 11.2. The number of hydrogen-bond donors (Lipinski definition) is 1. The SMILES string of the molecule is CCCC(NCc1ccnc2ccccc12)C(F)(F)F. The molecule has 2 rings (SSSR count). The smallest absolute Gasteiger partial charge is 0.302 e. The van der Waals surface area contributed by atoms with Crippen LogP contribution in [0.3, 0.4) is 0 Å². The predicted octanol–water partition coefficient (Wildman–Crippen LogP) is 4.06. The van der Waals surface area contributed by atoms with Gasteiger partial charge in [-0.05, 0) is 24.1 Å². The molecule has 2 aromatic rings. The van der Waals surface area contributed by atoms with Gasteiger partial charge >= 0.3 is 6.18 Å². The van der Waals surface area contributed by atoms with Crippen molar-refractivity contribution in [3.8, 4) is 0 Å². The molecule has 0 bridgehead atoms. The number of alkyl halides is 3. The van der Waals surface area contributed by atoms with Crippen molar-refractivity contribution in [2.75, 3.05) is 0 Å². The van der Waals surface area contributed by atoms with E-state index in [1.165, 1.54) is 0 Å². The molecule has 1 unspecified atom stereocenters. The number of hydrogen-bond acceptors (Lipinski definition) is 2. The van der Waals surface area contributed by atoms with Crippen molar-refractivity contribution >= 4 is 10.9 Å². The minimum absolute atomic E-state index is 0.0898. The van der Waals surface area contributed by atoms with E-state index in [1.54, 1.807) is 19.2 Å². The van der Waals surface area contributed by atoms with Crippen LogP contribution in [0.2, 0.25) is 0 Å². The molecule has 1 heterocycles. The van der Waals surface area contributed by atoms with Crippen LogP contribution in [0.4, 0.5) is 13.2 Å². The molecule has 0 fully saturated rings. The molecule has 0 aliphatic heterocycles. The zero-order valence-electron chi connectivity index (χ0n) is 11.2. The van der Waals surface area contributed by atoms with Gasteiger partial charge in [0.25, 0.3) is 0 Å². The Morgan fingerprint density at radius 2 is 1.95 bits per heavy atom. The van der Waals surface area contributed by atoms with E-state index in [0.29, 0.717) is 6.42 Å². The van der Waals surface area contributed by atoms with E-state index in [-0.39, 0.29) is 13.0 Å². The van der Waals surface area contributed by atoms with Gasteiger partial charge in [-0.15, -0.1) is 0 Å². The molecular weight excluding hydrogens is 265 g/mol. The number of nitrogens with one attached hydrogen (secondary N) is 1. The van der Waals surface area contributed by atoms with Gasteiger partial charge in [-0.2, -0.15) is 13.2 Å². The molecule has 5 heteroatoms. The summed E-state index contributed by atoms with van der Waals surface area (Å²) in [4.78, 5) is 4.20. The first-order valence-corrected chi connectivity index (χ1v) is 6.65. The fourth-order valence-corrected chi connectivity index (χ4v) is 2.21. The third kappa shape index (κ3) is 3.48. The van der Waals surface area contributed by atoms with E-state index in [4.69, 9.17) is 0 Å². The molecule has 1 N–H and O–H groups in total. The van der Waals surface area contributed by atoms with Crippen LogP contribution in [0.25, 0.3) is 10.9 Å². The summed E-state index contributed by atoms with van der Waals surface area (Å²) >= 11 is 0. The van der Waals surface area contributed by atoms with E-state index in [2.05, 4.69) is 10.3 Å². The van der Waals surface area contributed by atoms with E-state index in [9.17, 15) is 13.2 Å². The first-order chi connectivity index (χ1) is 9.52. The predicted molar refractivity (Wildman–Crippen MR) is 73.3 cm³/mol. The fraction of sp³-hybridized carbons (Fsp3) is 0.400. The van der Waals surface area contributed by atoms with Crippen molar-refractivity contribution < 1.29 is 13.2 Å². The summed E-state index contributed by atoms with van der Waals surface area (Å²) in [5.74, 6) is 0. The Labute approximate surface area is 116 Å². The average molecular weight is 282 g/mol. The summed E-state index contributed by atoms with van der Waals surface area (Å²) in [5.41, 5.74) is 1.63.